The first kappa shape index (κ1) is 20.6. The highest BCUT2D eigenvalue weighted by Gasteiger charge is 2.61. The number of hydrogen-bond acceptors (Lipinski definition) is 4. The maximum absolute atomic E-state index is 13.6. The predicted molar refractivity (Wildman–Crippen MR) is 117 cm³/mol. The van der Waals surface area contributed by atoms with Gasteiger partial charge in [0.05, 0.1) is 22.4 Å². The Morgan fingerprint density at radius 3 is 2.09 bits per heavy atom. The number of halogens is 1. The van der Waals surface area contributed by atoms with E-state index in [1.54, 1.807) is 48.5 Å². The average molecular weight is 449 g/mol. The van der Waals surface area contributed by atoms with Gasteiger partial charge in [0, 0.05) is 5.56 Å². The third-order valence-corrected chi connectivity index (χ3v) is 7.11. The lowest BCUT2D eigenvalue weighted by atomic mass is 9.85. The van der Waals surface area contributed by atoms with Crippen molar-refractivity contribution in [3.8, 4) is 0 Å². The second kappa shape index (κ2) is 7.71. The first-order valence-electron chi connectivity index (χ1n) is 10.6. The molecule has 162 valence electrons. The van der Waals surface area contributed by atoms with Crippen LogP contribution in [-0.4, -0.2) is 39.6 Å². The van der Waals surface area contributed by atoms with Crippen molar-refractivity contribution < 1.29 is 19.2 Å². The molecule has 5 atom stereocenters. The number of Topliss-reactive ketones (excluding diaryl/α,β-unsaturated/α-hetero) is 1. The molecule has 2 fully saturated rings. The highest BCUT2D eigenvalue weighted by atomic mass is 35.5. The van der Waals surface area contributed by atoms with E-state index in [2.05, 4.69) is 0 Å². The van der Waals surface area contributed by atoms with Gasteiger partial charge in [0.15, 0.2) is 5.78 Å². The van der Waals surface area contributed by atoms with E-state index in [1.165, 1.54) is 13.0 Å². The normalized spacial score (nSPS) is 26.4. The Balaban J connectivity index is 1.57. The topological polar surface area (TPSA) is 74.8 Å². The van der Waals surface area contributed by atoms with Crippen molar-refractivity contribution in [3.63, 3.8) is 0 Å². The largest absolute Gasteiger partial charge is 0.292 e. The van der Waals surface area contributed by atoms with Crippen LogP contribution in [0, 0.1) is 23.7 Å². The van der Waals surface area contributed by atoms with Crippen molar-refractivity contribution in [2.24, 2.45) is 23.7 Å². The molecule has 2 aliphatic carbocycles. The number of imide groups is 1. The summed E-state index contributed by atoms with van der Waals surface area (Å²) in [6, 6.07) is 13.8. The second-order valence-electron chi connectivity index (χ2n) is 8.52. The lowest BCUT2D eigenvalue weighted by molar-refractivity contribution is -0.157. The van der Waals surface area contributed by atoms with E-state index in [9.17, 15) is 19.2 Å². The quantitative estimate of drug-likeness (QED) is 0.396. The highest BCUT2D eigenvalue weighted by molar-refractivity contribution is 6.34. The number of rotatable bonds is 5. The van der Waals surface area contributed by atoms with E-state index in [0.29, 0.717) is 5.56 Å². The number of allylic oxidation sites excluding steroid dienone is 2. The monoisotopic (exact) mass is 448 g/mol. The summed E-state index contributed by atoms with van der Waals surface area (Å²) in [6.45, 7) is 1.53. The third kappa shape index (κ3) is 3.01. The van der Waals surface area contributed by atoms with E-state index in [4.69, 9.17) is 11.6 Å². The van der Waals surface area contributed by atoms with Crippen molar-refractivity contribution in [1.82, 2.24) is 10.0 Å². The number of amides is 3. The maximum atomic E-state index is 13.6. The summed E-state index contributed by atoms with van der Waals surface area (Å²) in [5, 5.41) is 2.11. The van der Waals surface area contributed by atoms with Crippen LogP contribution in [0.5, 0.6) is 0 Å². The summed E-state index contributed by atoms with van der Waals surface area (Å²) < 4.78 is 0. The van der Waals surface area contributed by atoms with Gasteiger partial charge in [-0.05, 0) is 37.3 Å². The van der Waals surface area contributed by atoms with Gasteiger partial charge >= 0.3 is 0 Å². The zero-order valence-corrected chi connectivity index (χ0v) is 18.1. The number of hydrogen-bond donors (Lipinski definition) is 0. The summed E-state index contributed by atoms with van der Waals surface area (Å²) >= 11 is 6.27. The van der Waals surface area contributed by atoms with Gasteiger partial charge in [0.2, 0.25) is 0 Å². The summed E-state index contributed by atoms with van der Waals surface area (Å²) in [7, 11) is 0. The predicted octanol–water partition coefficient (Wildman–Crippen LogP) is 3.78. The Bertz CT molecular complexity index is 1130. The molecular formula is C25H21ClN2O4. The summed E-state index contributed by atoms with van der Waals surface area (Å²) in [6.07, 6.45) is 4.75. The zero-order chi connectivity index (χ0) is 22.6. The minimum Gasteiger partial charge on any atom is -0.292 e. The maximum Gasteiger partial charge on any atom is 0.275 e. The number of fused-ring (bicyclic) bond motifs is 5. The molecule has 0 spiro atoms. The van der Waals surface area contributed by atoms with Crippen LogP contribution in [0.1, 0.15) is 34.1 Å². The second-order valence-corrected chi connectivity index (χ2v) is 8.93. The smallest absolute Gasteiger partial charge is 0.275 e. The average Bonchev–Trinajstić information content (AvgIpc) is 3.49. The number of nitrogens with zero attached hydrogens (tertiary/aromatic N) is 2. The van der Waals surface area contributed by atoms with E-state index >= 15 is 0 Å². The van der Waals surface area contributed by atoms with Crippen LogP contribution in [0.15, 0.2) is 66.7 Å². The van der Waals surface area contributed by atoms with E-state index < -0.39 is 35.6 Å². The lowest BCUT2D eigenvalue weighted by Crippen LogP contribution is -2.57. The lowest BCUT2D eigenvalue weighted by Gasteiger charge is -2.35. The molecule has 7 heteroatoms. The minimum absolute atomic E-state index is 0.0103. The Morgan fingerprint density at radius 1 is 0.938 bits per heavy atom. The molecule has 1 heterocycles. The molecule has 0 N–H and O–H groups in total. The summed E-state index contributed by atoms with van der Waals surface area (Å²) in [5.74, 6) is -2.88. The van der Waals surface area contributed by atoms with Crippen LogP contribution < -0.4 is 0 Å². The zero-order valence-electron chi connectivity index (χ0n) is 17.4. The molecule has 32 heavy (non-hydrogen) atoms. The Hall–Kier alpha value is -3.25. The SMILES string of the molecule is C[C@H](C(=O)c1ccccc1)N(C(=O)c1ccccc1Cl)N1C(=O)[C@@H]2[C@H](C1=O)[C@H]1C=C[C@H]2C1. The van der Waals surface area contributed by atoms with Crippen molar-refractivity contribution in [3.05, 3.63) is 82.9 Å². The fourth-order valence-electron chi connectivity index (χ4n) is 5.25. The molecule has 0 unspecified atom stereocenters. The molecule has 0 aromatic heterocycles. The molecule has 1 saturated carbocycles. The van der Waals surface area contributed by atoms with Crippen LogP contribution in [0.25, 0.3) is 0 Å². The Kier molecular flexibility index (Phi) is 4.97. The molecule has 5 rings (SSSR count). The van der Waals surface area contributed by atoms with E-state index in [1.807, 2.05) is 12.2 Å². The van der Waals surface area contributed by atoms with Gasteiger partial charge in [0.25, 0.3) is 17.7 Å². The highest BCUT2D eigenvalue weighted by Crippen LogP contribution is 2.53. The van der Waals surface area contributed by atoms with Crippen LogP contribution in [0.4, 0.5) is 0 Å². The first-order chi connectivity index (χ1) is 15.4. The van der Waals surface area contributed by atoms with Crippen molar-refractivity contribution in [1.29, 1.82) is 0 Å². The molecule has 3 aliphatic rings. The molecule has 6 nitrogen and oxygen atoms in total. The van der Waals surface area contributed by atoms with Gasteiger partial charge in [-0.1, -0.05) is 66.2 Å². The van der Waals surface area contributed by atoms with Gasteiger partial charge in [-0.3, -0.25) is 19.2 Å². The summed E-state index contributed by atoms with van der Waals surface area (Å²) in [4.78, 5) is 53.8. The summed E-state index contributed by atoms with van der Waals surface area (Å²) in [5.41, 5.74) is 0.513. The van der Waals surface area contributed by atoms with Crippen LogP contribution in [0.3, 0.4) is 0 Å². The van der Waals surface area contributed by atoms with Gasteiger partial charge in [-0.15, -0.1) is 0 Å². The number of benzene rings is 2. The fraction of sp³-hybridized carbons (Fsp3) is 0.280. The number of hydrazine groups is 1. The number of carbonyl (C=O) groups is 4. The van der Waals surface area contributed by atoms with Crippen LogP contribution >= 0.6 is 11.6 Å². The van der Waals surface area contributed by atoms with Crippen molar-refractivity contribution in [2.45, 2.75) is 19.4 Å². The van der Waals surface area contributed by atoms with Gasteiger partial charge in [-0.25, -0.2) is 5.01 Å². The van der Waals surface area contributed by atoms with Crippen molar-refractivity contribution >= 4 is 35.1 Å². The minimum atomic E-state index is -1.08. The number of carbonyl (C=O) groups excluding carboxylic acids is 4. The number of ketones is 1. The van der Waals surface area contributed by atoms with Gasteiger partial charge < -0.3 is 0 Å². The van der Waals surface area contributed by atoms with E-state index in [-0.39, 0.29) is 28.2 Å². The Morgan fingerprint density at radius 2 is 1.50 bits per heavy atom. The Labute approximate surface area is 190 Å². The van der Waals surface area contributed by atoms with Gasteiger partial charge in [-0.2, -0.15) is 5.01 Å². The fourth-order valence-corrected chi connectivity index (χ4v) is 5.47. The first-order valence-corrected chi connectivity index (χ1v) is 11.0. The van der Waals surface area contributed by atoms with Crippen molar-refractivity contribution in [2.75, 3.05) is 0 Å². The molecule has 2 bridgehead atoms. The van der Waals surface area contributed by atoms with Gasteiger partial charge in [0.1, 0.15) is 6.04 Å². The molecule has 3 amide bonds. The molecule has 2 aromatic carbocycles. The standard InChI is InChI=1S/C25H21ClN2O4/c1-14(22(29)15-7-3-2-4-8-15)27(23(30)18-9-5-6-10-19(18)26)28-24(31)20-16-11-12-17(13-16)21(20)25(28)32/h2-12,14,16-17,20-21H,13H2,1H3/t14-,16+,17+,20-,21+/m1/s1. The molecule has 0 radical (unpaired) electrons. The van der Waals surface area contributed by atoms with E-state index in [0.717, 1.165) is 16.4 Å². The molecule has 1 aliphatic heterocycles. The van der Waals surface area contributed by atoms with Crippen LogP contribution in [-0.2, 0) is 9.59 Å². The molecular weight excluding hydrogens is 428 g/mol. The molecule has 1 saturated heterocycles. The third-order valence-electron chi connectivity index (χ3n) is 6.78. The molecule has 2 aromatic rings. The van der Waals surface area contributed by atoms with Crippen LogP contribution in [0.2, 0.25) is 5.02 Å².